The van der Waals surface area contributed by atoms with Gasteiger partial charge >= 0.3 is 0 Å². The van der Waals surface area contributed by atoms with E-state index < -0.39 is 0 Å². The molecule has 0 unspecified atom stereocenters. The number of imidazole rings is 1. The van der Waals surface area contributed by atoms with Gasteiger partial charge in [-0.05, 0) is 62.1 Å². The lowest BCUT2D eigenvalue weighted by atomic mass is 10.2. The number of methoxy groups -OCH3 is 1. The van der Waals surface area contributed by atoms with Gasteiger partial charge in [-0.1, -0.05) is 19.1 Å². The number of carbonyl (C=O) groups is 1. The van der Waals surface area contributed by atoms with Crippen LogP contribution in [0.4, 0.5) is 0 Å². The van der Waals surface area contributed by atoms with Crippen LogP contribution in [0.2, 0.25) is 0 Å². The van der Waals surface area contributed by atoms with Crippen molar-refractivity contribution in [1.82, 2.24) is 14.5 Å². The number of aromatic nitrogens is 2. The number of ether oxygens (including phenoxy) is 2. The molecule has 164 valence electrons. The van der Waals surface area contributed by atoms with Crippen molar-refractivity contribution in [3.63, 3.8) is 0 Å². The van der Waals surface area contributed by atoms with Crippen LogP contribution in [0.25, 0.3) is 11.0 Å². The Labute approximate surface area is 183 Å². The highest BCUT2D eigenvalue weighted by Gasteiger charge is 2.32. The van der Waals surface area contributed by atoms with Gasteiger partial charge in [0, 0.05) is 19.5 Å². The number of para-hydroxylation sites is 2. The summed E-state index contributed by atoms with van der Waals surface area (Å²) < 4.78 is 13.4. The Morgan fingerprint density at radius 2 is 1.87 bits per heavy atom. The number of carbonyl (C=O) groups excluding carboxylic acids is 1. The van der Waals surface area contributed by atoms with Crippen molar-refractivity contribution in [2.75, 3.05) is 20.3 Å². The molecule has 1 aliphatic rings. The molecule has 6 nitrogen and oxygen atoms in total. The largest absolute Gasteiger partial charge is 0.497 e. The van der Waals surface area contributed by atoms with E-state index in [1.165, 1.54) is 0 Å². The van der Waals surface area contributed by atoms with E-state index in [0.29, 0.717) is 13.0 Å². The first kappa shape index (κ1) is 21.2. The second-order valence-corrected chi connectivity index (χ2v) is 7.94. The van der Waals surface area contributed by atoms with Crippen molar-refractivity contribution in [2.24, 2.45) is 0 Å². The number of likely N-dealkylation sites (tertiary alicyclic amines) is 1. The van der Waals surface area contributed by atoms with Gasteiger partial charge in [0.25, 0.3) is 0 Å². The van der Waals surface area contributed by atoms with Crippen molar-refractivity contribution >= 4 is 16.9 Å². The third kappa shape index (κ3) is 4.68. The smallest absolute Gasteiger partial charge is 0.222 e. The van der Waals surface area contributed by atoms with Gasteiger partial charge < -0.3 is 18.9 Å². The summed E-state index contributed by atoms with van der Waals surface area (Å²) in [7, 11) is 1.66. The van der Waals surface area contributed by atoms with Crippen LogP contribution in [0.3, 0.4) is 0 Å². The fraction of sp³-hybridized carbons (Fsp3) is 0.440. The Hall–Kier alpha value is -3.02. The quantitative estimate of drug-likeness (QED) is 0.457. The standard InChI is InChI=1S/C25H31N3O3/c1-3-24(29)27-17-8-11-23(27)25-26-21-9-4-5-10-22(21)28(25)16-6-7-18-31-20-14-12-19(30-2)13-15-20/h4-5,9-10,12-15,23H,3,6-8,11,16-18H2,1-2H3/t23-/m1/s1. The second kappa shape index (κ2) is 9.86. The van der Waals surface area contributed by atoms with E-state index in [9.17, 15) is 4.79 Å². The Balaban J connectivity index is 1.43. The van der Waals surface area contributed by atoms with Crippen molar-refractivity contribution in [2.45, 2.75) is 51.6 Å². The van der Waals surface area contributed by atoms with Crippen LogP contribution in [-0.2, 0) is 11.3 Å². The van der Waals surface area contributed by atoms with E-state index in [-0.39, 0.29) is 11.9 Å². The zero-order valence-corrected chi connectivity index (χ0v) is 18.4. The Kier molecular flexibility index (Phi) is 6.75. The molecular formula is C25H31N3O3. The third-order valence-electron chi connectivity index (χ3n) is 5.96. The minimum atomic E-state index is 0.0791. The van der Waals surface area contributed by atoms with Gasteiger partial charge in [0.15, 0.2) is 0 Å². The SMILES string of the molecule is CCC(=O)N1CCC[C@@H]1c1nc2ccccc2n1CCCCOc1ccc(OC)cc1. The highest BCUT2D eigenvalue weighted by atomic mass is 16.5. The number of hydrogen-bond acceptors (Lipinski definition) is 4. The highest BCUT2D eigenvalue weighted by molar-refractivity contribution is 5.78. The average molecular weight is 422 g/mol. The molecule has 1 aromatic heterocycles. The highest BCUT2D eigenvalue weighted by Crippen LogP contribution is 2.34. The van der Waals surface area contributed by atoms with E-state index in [2.05, 4.69) is 22.8 Å². The molecule has 1 saturated heterocycles. The van der Waals surface area contributed by atoms with Gasteiger partial charge in [-0.2, -0.15) is 0 Å². The van der Waals surface area contributed by atoms with E-state index in [1.807, 2.05) is 42.2 Å². The number of benzene rings is 2. The zero-order chi connectivity index (χ0) is 21.6. The van der Waals surface area contributed by atoms with E-state index in [4.69, 9.17) is 14.5 Å². The van der Waals surface area contributed by atoms with Crippen LogP contribution in [-0.4, -0.2) is 40.6 Å². The van der Waals surface area contributed by atoms with Crippen LogP contribution in [0.15, 0.2) is 48.5 Å². The molecule has 0 aliphatic carbocycles. The lowest BCUT2D eigenvalue weighted by Gasteiger charge is -2.25. The molecule has 0 bridgehead atoms. The van der Waals surface area contributed by atoms with Crippen LogP contribution in [0.1, 0.15) is 50.9 Å². The first-order valence-corrected chi connectivity index (χ1v) is 11.2. The minimum Gasteiger partial charge on any atom is -0.497 e. The normalized spacial score (nSPS) is 16.1. The molecule has 1 aliphatic heterocycles. The molecule has 0 radical (unpaired) electrons. The lowest BCUT2D eigenvalue weighted by Crippen LogP contribution is -2.31. The maximum absolute atomic E-state index is 12.5. The number of hydrogen-bond donors (Lipinski definition) is 0. The third-order valence-corrected chi connectivity index (χ3v) is 5.96. The molecule has 2 aromatic carbocycles. The molecule has 4 rings (SSSR count). The maximum atomic E-state index is 12.5. The van der Waals surface area contributed by atoms with E-state index in [1.54, 1.807) is 7.11 Å². The molecule has 1 atom stereocenters. The van der Waals surface area contributed by atoms with Crippen LogP contribution < -0.4 is 9.47 Å². The summed E-state index contributed by atoms with van der Waals surface area (Å²) in [5.41, 5.74) is 2.15. The number of amides is 1. The molecule has 1 fully saturated rings. The molecule has 0 saturated carbocycles. The van der Waals surface area contributed by atoms with Crippen molar-refractivity contribution < 1.29 is 14.3 Å². The van der Waals surface area contributed by atoms with Gasteiger partial charge in [0.05, 0.1) is 30.8 Å². The summed E-state index contributed by atoms with van der Waals surface area (Å²) in [5.74, 6) is 2.93. The van der Waals surface area contributed by atoms with Crippen LogP contribution >= 0.6 is 0 Å². The summed E-state index contributed by atoms with van der Waals surface area (Å²) in [6.07, 6.45) is 4.49. The molecule has 2 heterocycles. The number of rotatable bonds is 9. The first-order chi connectivity index (χ1) is 15.2. The number of unbranched alkanes of at least 4 members (excludes halogenated alkanes) is 1. The molecule has 3 aromatic rings. The molecular weight excluding hydrogens is 390 g/mol. The summed E-state index contributed by atoms with van der Waals surface area (Å²) >= 11 is 0. The second-order valence-electron chi connectivity index (χ2n) is 7.94. The zero-order valence-electron chi connectivity index (χ0n) is 18.4. The molecule has 1 amide bonds. The summed E-state index contributed by atoms with van der Waals surface area (Å²) in [5, 5.41) is 0. The van der Waals surface area contributed by atoms with Gasteiger partial charge in [0.2, 0.25) is 5.91 Å². The van der Waals surface area contributed by atoms with Crippen molar-refractivity contribution in [3.8, 4) is 11.5 Å². The number of aryl methyl sites for hydroxylation is 1. The summed E-state index contributed by atoms with van der Waals surface area (Å²) in [4.78, 5) is 19.4. The maximum Gasteiger partial charge on any atom is 0.222 e. The molecule has 6 heteroatoms. The van der Waals surface area contributed by atoms with Crippen LogP contribution in [0.5, 0.6) is 11.5 Å². The first-order valence-electron chi connectivity index (χ1n) is 11.2. The summed E-state index contributed by atoms with van der Waals surface area (Å²) in [6, 6.07) is 16.0. The van der Waals surface area contributed by atoms with E-state index >= 15 is 0 Å². The monoisotopic (exact) mass is 421 g/mol. The van der Waals surface area contributed by atoms with Crippen LogP contribution in [0, 0.1) is 0 Å². The minimum absolute atomic E-state index is 0.0791. The molecule has 0 N–H and O–H groups in total. The number of fused-ring (bicyclic) bond motifs is 1. The van der Waals surface area contributed by atoms with Gasteiger partial charge in [-0.15, -0.1) is 0 Å². The fourth-order valence-corrected chi connectivity index (χ4v) is 4.35. The molecule has 0 spiro atoms. The topological polar surface area (TPSA) is 56.6 Å². The van der Waals surface area contributed by atoms with Gasteiger partial charge in [-0.3, -0.25) is 4.79 Å². The van der Waals surface area contributed by atoms with Gasteiger partial charge in [-0.25, -0.2) is 4.98 Å². The Bertz CT molecular complexity index is 1010. The Morgan fingerprint density at radius 3 is 2.65 bits per heavy atom. The number of nitrogens with zero attached hydrogens (tertiary/aromatic N) is 3. The average Bonchev–Trinajstić information content (AvgIpc) is 3.43. The van der Waals surface area contributed by atoms with Crippen molar-refractivity contribution in [1.29, 1.82) is 0 Å². The predicted molar refractivity (Wildman–Crippen MR) is 121 cm³/mol. The fourth-order valence-electron chi connectivity index (χ4n) is 4.35. The molecule has 31 heavy (non-hydrogen) atoms. The lowest BCUT2D eigenvalue weighted by molar-refractivity contribution is -0.131. The Morgan fingerprint density at radius 1 is 1.10 bits per heavy atom. The van der Waals surface area contributed by atoms with Gasteiger partial charge in [0.1, 0.15) is 17.3 Å². The predicted octanol–water partition coefficient (Wildman–Crippen LogP) is 4.98. The van der Waals surface area contributed by atoms with Crippen molar-refractivity contribution in [3.05, 3.63) is 54.4 Å². The summed E-state index contributed by atoms with van der Waals surface area (Å²) in [6.45, 7) is 4.30. The van der Waals surface area contributed by atoms with E-state index in [0.717, 1.165) is 67.1 Å².